The third-order valence-corrected chi connectivity index (χ3v) is 9.61. The second kappa shape index (κ2) is 10.2. The van der Waals surface area contributed by atoms with Gasteiger partial charge in [-0.3, -0.25) is 19.3 Å². The second-order valence-electron chi connectivity index (χ2n) is 11.6. The molecule has 0 saturated carbocycles. The van der Waals surface area contributed by atoms with Crippen molar-refractivity contribution in [2.45, 2.75) is 45.6 Å². The fraction of sp³-hybridized carbons (Fsp3) is 0.333. The van der Waals surface area contributed by atoms with Crippen LogP contribution in [0.1, 0.15) is 59.1 Å². The lowest BCUT2D eigenvalue weighted by molar-refractivity contribution is -0.162. The molecule has 0 unspecified atom stereocenters. The Morgan fingerprint density at radius 1 is 0.854 bits per heavy atom. The number of halogens is 1. The van der Waals surface area contributed by atoms with Crippen LogP contribution in [0.3, 0.4) is 0 Å². The Morgan fingerprint density at radius 3 is 1.80 bits per heavy atom. The number of carbonyl (C=O) groups is 4. The molecule has 1 fully saturated rings. The van der Waals surface area contributed by atoms with Crippen LogP contribution in [0.15, 0.2) is 65.1 Å². The minimum atomic E-state index is -1.13. The highest BCUT2D eigenvalue weighted by molar-refractivity contribution is 9.10. The molecule has 3 amide bonds. The van der Waals surface area contributed by atoms with Gasteiger partial charge < -0.3 is 10.1 Å². The number of hydrogen-bond donors (Lipinski definition) is 1. The van der Waals surface area contributed by atoms with E-state index in [9.17, 15) is 19.2 Å². The number of aryl methyl sites for hydroxylation is 2. The minimum absolute atomic E-state index is 0.258. The summed E-state index contributed by atoms with van der Waals surface area (Å²) in [5.41, 5.74) is 6.70. The molecule has 0 radical (unpaired) electrons. The summed E-state index contributed by atoms with van der Waals surface area (Å²) in [6, 6.07) is 18.6. The molecule has 3 aromatic rings. The SMILES string of the molecule is Cc1cc(NC(=O)COC(=O)[C@H](C(C)C)N2C(=O)[C@H]3C4c5ccccc5C(c5ccccc54)[C@@H]3C2=O)c(C)cc1Br. The fourth-order valence-electron chi connectivity index (χ4n) is 6.97. The topological polar surface area (TPSA) is 92.8 Å². The number of amides is 3. The van der Waals surface area contributed by atoms with Crippen molar-refractivity contribution in [3.63, 3.8) is 0 Å². The third kappa shape index (κ3) is 4.31. The van der Waals surface area contributed by atoms with Crippen LogP contribution in [0, 0.1) is 31.6 Å². The average Bonchev–Trinajstić information content (AvgIpc) is 3.20. The fourth-order valence-corrected chi connectivity index (χ4v) is 7.43. The molecule has 0 aromatic heterocycles. The molecule has 41 heavy (non-hydrogen) atoms. The molecule has 3 aromatic carbocycles. The molecule has 8 heteroatoms. The molecule has 1 aliphatic heterocycles. The molecule has 7 rings (SSSR count). The Balaban J connectivity index is 1.25. The predicted molar refractivity (Wildman–Crippen MR) is 157 cm³/mol. The quantitative estimate of drug-likeness (QED) is 0.294. The number of carbonyl (C=O) groups excluding carboxylic acids is 4. The van der Waals surface area contributed by atoms with E-state index in [1.807, 2.05) is 74.5 Å². The monoisotopic (exact) mass is 614 g/mol. The van der Waals surface area contributed by atoms with Gasteiger partial charge in [0.15, 0.2) is 6.61 Å². The van der Waals surface area contributed by atoms with Gasteiger partial charge in [-0.1, -0.05) is 78.3 Å². The smallest absolute Gasteiger partial charge is 0.330 e. The molecule has 0 spiro atoms. The third-order valence-electron chi connectivity index (χ3n) is 8.76. The van der Waals surface area contributed by atoms with Crippen molar-refractivity contribution < 1.29 is 23.9 Å². The maximum absolute atomic E-state index is 14.1. The molecule has 1 N–H and O–H groups in total. The van der Waals surface area contributed by atoms with Gasteiger partial charge in [0.05, 0.1) is 11.8 Å². The van der Waals surface area contributed by atoms with Gasteiger partial charge in [0, 0.05) is 22.0 Å². The summed E-state index contributed by atoms with van der Waals surface area (Å²) < 4.78 is 6.37. The summed E-state index contributed by atoms with van der Waals surface area (Å²) in [6.07, 6.45) is 0. The zero-order chi connectivity index (χ0) is 29.2. The van der Waals surface area contributed by atoms with E-state index >= 15 is 0 Å². The number of anilines is 1. The molecule has 7 nitrogen and oxygen atoms in total. The summed E-state index contributed by atoms with van der Waals surface area (Å²) in [6.45, 7) is 6.81. The number of hydrogen-bond acceptors (Lipinski definition) is 5. The molecule has 2 bridgehead atoms. The van der Waals surface area contributed by atoms with Crippen LogP contribution in [0.25, 0.3) is 0 Å². The van der Waals surface area contributed by atoms with Crippen molar-refractivity contribution in [1.82, 2.24) is 4.90 Å². The standard InChI is InChI=1S/C33H31BrN2O5/c1-16(2)30(33(40)41-15-25(37)35-24-14-17(3)23(34)13-18(24)4)36-31(38)28-26-19-9-5-6-10-20(19)27(29(28)32(36)39)22-12-8-7-11-21(22)26/h5-14,16,26-30H,15H2,1-4H3,(H,35,37)/t26?,27?,28-,29-,30-/m0/s1. The number of imide groups is 1. The largest absolute Gasteiger partial charge is 0.454 e. The van der Waals surface area contributed by atoms with Gasteiger partial charge in [0.2, 0.25) is 11.8 Å². The summed E-state index contributed by atoms with van der Waals surface area (Å²) in [5.74, 6) is -4.05. The lowest BCUT2D eigenvalue weighted by atomic mass is 9.55. The highest BCUT2D eigenvalue weighted by Gasteiger charge is 2.63. The zero-order valence-corrected chi connectivity index (χ0v) is 24.9. The molecule has 4 aliphatic rings. The number of nitrogens with zero attached hydrogens (tertiary/aromatic N) is 1. The number of benzene rings is 3. The maximum Gasteiger partial charge on any atom is 0.330 e. The van der Waals surface area contributed by atoms with Crippen LogP contribution in [0.2, 0.25) is 0 Å². The van der Waals surface area contributed by atoms with Crippen LogP contribution < -0.4 is 5.32 Å². The summed E-state index contributed by atoms with van der Waals surface area (Å²) in [7, 11) is 0. The van der Waals surface area contributed by atoms with Gasteiger partial charge in [-0.2, -0.15) is 0 Å². The molecule has 210 valence electrons. The highest BCUT2D eigenvalue weighted by Crippen LogP contribution is 2.61. The van der Waals surface area contributed by atoms with Gasteiger partial charge in [0.25, 0.3) is 5.91 Å². The van der Waals surface area contributed by atoms with Crippen molar-refractivity contribution in [3.05, 3.63) is 98.5 Å². The van der Waals surface area contributed by atoms with E-state index in [4.69, 9.17) is 4.74 Å². The molecule has 1 heterocycles. The molecule has 1 saturated heterocycles. The Morgan fingerprint density at radius 2 is 1.34 bits per heavy atom. The minimum Gasteiger partial charge on any atom is -0.454 e. The number of rotatable bonds is 6. The van der Waals surface area contributed by atoms with E-state index in [1.165, 1.54) is 0 Å². The first-order valence-electron chi connectivity index (χ1n) is 13.9. The van der Waals surface area contributed by atoms with Gasteiger partial charge in [-0.15, -0.1) is 0 Å². The van der Waals surface area contributed by atoms with E-state index in [0.717, 1.165) is 42.8 Å². The van der Waals surface area contributed by atoms with E-state index in [1.54, 1.807) is 13.8 Å². The molecular weight excluding hydrogens is 584 g/mol. The number of likely N-dealkylation sites (tertiary alicyclic amines) is 1. The van der Waals surface area contributed by atoms with E-state index < -0.39 is 42.3 Å². The zero-order valence-electron chi connectivity index (χ0n) is 23.3. The Hall–Kier alpha value is -3.78. The Kier molecular flexibility index (Phi) is 6.85. The van der Waals surface area contributed by atoms with Gasteiger partial charge in [-0.05, 0) is 65.3 Å². The molecular formula is C33H31BrN2O5. The number of ether oxygens (including phenoxy) is 1. The maximum atomic E-state index is 14.1. The number of esters is 1. The normalized spacial score (nSPS) is 22.7. The van der Waals surface area contributed by atoms with Crippen LogP contribution in [-0.2, 0) is 23.9 Å². The molecule has 3 atom stereocenters. The summed E-state index contributed by atoms with van der Waals surface area (Å²) in [4.78, 5) is 55.5. The lowest BCUT2D eigenvalue weighted by Gasteiger charge is -2.45. The summed E-state index contributed by atoms with van der Waals surface area (Å²) >= 11 is 3.48. The lowest BCUT2D eigenvalue weighted by Crippen LogP contribution is -2.49. The van der Waals surface area contributed by atoms with Crippen LogP contribution in [-0.4, -0.2) is 41.2 Å². The first kappa shape index (κ1) is 27.4. The van der Waals surface area contributed by atoms with E-state index in [-0.39, 0.29) is 23.7 Å². The van der Waals surface area contributed by atoms with Crippen LogP contribution in [0.5, 0.6) is 0 Å². The Bertz CT molecular complexity index is 1500. The van der Waals surface area contributed by atoms with Crippen molar-refractivity contribution >= 4 is 45.3 Å². The van der Waals surface area contributed by atoms with E-state index in [0.29, 0.717) is 5.69 Å². The van der Waals surface area contributed by atoms with Crippen LogP contribution >= 0.6 is 15.9 Å². The predicted octanol–water partition coefficient (Wildman–Crippen LogP) is 5.46. The summed E-state index contributed by atoms with van der Waals surface area (Å²) in [5, 5.41) is 2.79. The highest BCUT2D eigenvalue weighted by atomic mass is 79.9. The van der Waals surface area contributed by atoms with Crippen molar-refractivity contribution in [1.29, 1.82) is 0 Å². The Labute approximate surface area is 247 Å². The number of nitrogens with one attached hydrogen (secondary N) is 1. The first-order chi connectivity index (χ1) is 19.6. The van der Waals surface area contributed by atoms with Gasteiger partial charge in [0.1, 0.15) is 6.04 Å². The van der Waals surface area contributed by atoms with E-state index in [2.05, 4.69) is 21.2 Å². The van der Waals surface area contributed by atoms with Gasteiger partial charge >= 0.3 is 5.97 Å². The van der Waals surface area contributed by atoms with Crippen LogP contribution in [0.4, 0.5) is 5.69 Å². The second-order valence-corrected chi connectivity index (χ2v) is 12.4. The first-order valence-corrected chi connectivity index (χ1v) is 14.7. The van der Waals surface area contributed by atoms with Crippen molar-refractivity contribution in [3.8, 4) is 0 Å². The van der Waals surface area contributed by atoms with Crippen molar-refractivity contribution in [2.24, 2.45) is 17.8 Å². The molecule has 3 aliphatic carbocycles. The average molecular weight is 616 g/mol. The van der Waals surface area contributed by atoms with Crippen molar-refractivity contribution in [2.75, 3.05) is 11.9 Å². The van der Waals surface area contributed by atoms with Gasteiger partial charge in [-0.25, -0.2) is 4.79 Å².